The van der Waals surface area contributed by atoms with Crippen LogP contribution in [0.1, 0.15) is 50.5 Å². The molecular weight excluding hydrogens is 238 g/mol. The van der Waals surface area contributed by atoms with Crippen molar-refractivity contribution in [1.82, 2.24) is 4.98 Å². The predicted octanol–water partition coefficient (Wildman–Crippen LogP) is 3.53. The van der Waals surface area contributed by atoms with Crippen molar-refractivity contribution in [2.45, 2.75) is 51.4 Å². The van der Waals surface area contributed by atoms with Gasteiger partial charge in [-0.25, -0.2) is 0 Å². The summed E-state index contributed by atoms with van der Waals surface area (Å²) in [6.07, 6.45) is 12.3. The minimum atomic E-state index is -0.0295. The van der Waals surface area contributed by atoms with E-state index < -0.39 is 0 Å². The monoisotopic (exact) mass is 261 g/mol. The lowest BCUT2D eigenvalue weighted by molar-refractivity contribution is -0.144. The number of aryl methyl sites for hydroxylation is 1. The van der Waals surface area contributed by atoms with Gasteiger partial charge in [-0.2, -0.15) is 0 Å². The van der Waals surface area contributed by atoms with Crippen LogP contribution in [-0.4, -0.2) is 17.6 Å². The van der Waals surface area contributed by atoms with Crippen LogP contribution in [0.15, 0.2) is 24.5 Å². The molecule has 1 aliphatic rings. The van der Waals surface area contributed by atoms with E-state index in [0.717, 1.165) is 25.2 Å². The Bertz CT molecular complexity index is 372. The third-order valence-electron chi connectivity index (χ3n) is 3.83. The molecule has 0 aliphatic heterocycles. The van der Waals surface area contributed by atoms with Crippen LogP contribution >= 0.6 is 0 Å². The van der Waals surface area contributed by atoms with Gasteiger partial charge in [0.2, 0.25) is 0 Å². The van der Waals surface area contributed by atoms with Crippen molar-refractivity contribution in [3.63, 3.8) is 0 Å². The number of rotatable bonds is 7. The topological polar surface area (TPSA) is 39.2 Å². The molecule has 0 amide bonds. The third-order valence-corrected chi connectivity index (χ3v) is 3.83. The largest absolute Gasteiger partial charge is 0.466 e. The molecule has 3 nitrogen and oxygen atoms in total. The number of esters is 1. The number of hydrogen-bond donors (Lipinski definition) is 0. The highest BCUT2D eigenvalue weighted by atomic mass is 16.5. The van der Waals surface area contributed by atoms with Crippen molar-refractivity contribution in [3.8, 4) is 0 Å². The first kappa shape index (κ1) is 14.0. The Balaban J connectivity index is 1.51. The van der Waals surface area contributed by atoms with Crippen molar-refractivity contribution in [2.75, 3.05) is 6.61 Å². The van der Waals surface area contributed by atoms with Crippen molar-refractivity contribution in [3.05, 3.63) is 30.1 Å². The van der Waals surface area contributed by atoms with Gasteiger partial charge in [-0.3, -0.25) is 9.78 Å². The highest BCUT2D eigenvalue weighted by molar-refractivity contribution is 5.69. The molecule has 1 saturated carbocycles. The number of ether oxygens (including phenoxy) is 1. The second-order valence-corrected chi connectivity index (χ2v) is 5.37. The second kappa shape index (κ2) is 7.93. The Labute approximate surface area is 115 Å². The second-order valence-electron chi connectivity index (χ2n) is 5.37. The standard InChI is InChI=1S/C16H23NO2/c18-16(10-9-14-5-1-2-6-14)19-12-4-8-15-7-3-11-17-13-15/h3,7,11,13-14H,1-2,4-6,8-10,12H2. The summed E-state index contributed by atoms with van der Waals surface area (Å²) in [7, 11) is 0. The highest BCUT2D eigenvalue weighted by Gasteiger charge is 2.16. The number of nitrogens with zero attached hydrogens (tertiary/aromatic N) is 1. The predicted molar refractivity (Wildman–Crippen MR) is 74.7 cm³/mol. The molecule has 1 aromatic heterocycles. The van der Waals surface area contributed by atoms with E-state index in [4.69, 9.17) is 4.74 Å². The summed E-state index contributed by atoms with van der Waals surface area (Å²) < 4.78 is 5.26. The van der Waals surface area contributed by atoms with E-state index in [1.807, 2.05) is 12.3 Å². The number of hydrogen-bond acceptors (Lipinski definition) is 3. The lowest BCUT2D eigenvalue weighted by atomic mass is 10.0. The fraction of sp³-hybridized carbons (Fsp3) is 0.625. The molecule has 0 bridgehead atoms. The van der Waals surface area contributed by atoms with E-state index in [2.05, 4.69) is 11.1 Å². The molecule has 0 spiro atoms. The van der Waals surface area contributed by atoms with Gasteiger partial charge in [-0.15, -0.1) is 0 Å². The molecule has 3 heteroatoms. The molecule has 1 heterocycles. The smallest absolute Gasteiger partial charge is 0.305 e. The van der Waals surface area contributed by atoms with Crippen molar-refractivity contribution in [2.24, 2.45) is 5.92 Å². The summed E-state index contributed by atoms with van der Waals surface area (Å²) in [6.45, 7) is 0.526. The Hall–Kier alpha value is -1.38. The molecular formula is C16H23NO2. The third kappa shape index (κ3) is 5.41. The van der Waals surface area contributed by atoms with Crippen LogP contribution in [0.3, 0.4) is 0 Å². The molecule has 2 rings (SSSR count). The van der Waals surface area contributed by atoms with E-state index >= 15 is 0 Å². The average molecular weight is 261 g/mol. The Morgan fingerprint density at radius 1 is 1.37 bits per heavy atom. The summed E-state index contributed by atoms with van der Waals surface area (Å²) in [5, 5.41) is 0. The molecule has 0 saturated heterocycles. The van der Waals surface area contributed by atoms with Gasteiger partial charge in [-0.05, 0) is 36.8 Å². The van der Waals surface area contributed by atoms with Crippen LogP contribution in [0.5, 0.6) is 0 Å². The maximum Gasteiger partial charge on any atom is 0.305 e. The van der Waals surface area contributed by atoms with Crippen molar-refractivity contribution < 1.29 is 9.53 Å². The van der Waals surface area contributed by atoms with Gasteiger partial charge in [0.1, 0.15) is 0 Å². The van der Waals surface area contributed by atoms with Crippen molar-refractivity contribution in [1.29, 1.82) is 0 Å². The van der Waals surface area contributed by atoms with Gasteiger partial charge < -0.3 is 4.74 Å². The highest BCUT2D eigenvalue weighted by Crippen LogP contribution is 2.28. The van der Waals surface area contributed by atoms with E-state index in [0.29, 0.717) is 13.0 Å². The minimum Gasteiger partial charge on any atom is -0.466 e. The summed E-state index contributed by atoms with van der Waals surface area (Å²) in [5.74, 6) is 0.737. The Morgan fingerprint density at radius 3 is 2.95 bits per heavy atom. The van der Waals surface area contributed by atoms with Crippen LogP contribution in [-0.2, 0) is 16.0 Å². The average Bonchev–Trinajstić information content (AvgIpc) is 2.96. The van der Waals surface area contributed by atoms with Gasteiger partial charge in [0.25, 0.3) is 0 Å². The van der Waals surface area contributed by atoms with E-state index in [9.17, 15) is 4.79 Å². The maximum absolute atomic E-state index is 11.6. The molecule has 19 heavy (non-hydrogen) atoms. The first-order valence-corrected chi connectivity index (χ1v) is 7.39. The lowest BCUT2D eigenvalue weighted by Crippen LogP contribution is -2.08. The zero-order chi connectivity index (χ0) is 13.3. The minimum absolute atomic E-state index is 0.0295. The molecule has 0 aromatic carbocycles. The first-order chi connectivity index (χ1) is 9.34. The Morgan fingerprint density at radius 2 is 2.21 bits per heavy atom. The molecule has 104 valence electrons. The van der Waals surface area contributed by atoms with E-state index in [1.54, 1.807) is 6.20 Å². The number of carbonyl (C=O) groups excluding carboxylic acids is 1. The van der Waals surface area contributed by atoms with Gasteiger partial charge >= 0.3 is 5.97 Å². The van der Waals surface area contributed by atoms with E-state index in [1.165, 1.54) is 31.2 Å². The van der Waals surface area contributed by atoms with Crippen LogP contribution < -0.4 is 0 Å². The summed E-state index contributed by atoms with van der Waals surface area (Å²) >= 11 is 0. The van der Waals surface area contributed by atoms with Gasteiger partial charge in [-0.1, -0.05) is 31.7 Å². The van der Waals surface area contributed by atoms with Crippen LogP contribution in [0.25, 0.3) is 0 Å². The molecule has 0 N–H and O–H groups in total. The fourth-order valence-corrected chi connectivity index (χ4v) is 2.70. The maximum atomic E-state index is 11.6. The van der Waals surface area contributed by atoms with Crippen LogP contribution in [0.2, 0.25) is 0 Å². The normalized spacial score (nSPS) is 15.6. The molecule has 1 aromatic rings. The number of pyridine rings is 1. The first-order valence-electron chi connectivity index (χ1n) is 7.39. The zero-order valence-electron chi connectivity index (χ0n) is 11.5. The quantitative estimate of drug-likeness (QED) is 0.557. The fourth-order valence-electron chi connectivity index (χ4n) is 2.70. The summed E-state index contributed by atoms with van der Waals surface area (Å²) in [4.78, 5) is 15.6. The summed E-state index contributed by atoms with van der Waals surface area (Å²) in [6, 6.07) is 3.98. The molecule has 1 fully saturated rings. The lowest BCUT2D eigenvalue weighted by Gasteiger charge is -2.08. The SMILES string of the molecule is O=C(CCC1CCCC1)OCCCc1cccnc1. The van der Waals surface area contributed by atoms with Crippen LogP contribution in [0, 0.1) is 5.92 Å². The Kier molecular flexibility index (Phi) is 5.86. The molecule has 0 radical (unpaired) electrons. The van der Waals surface area contributed by atoms with Crippen LogP contribution in [0.4, 0.5) is 0 Å². The zero-order valence-corrected chi connectivity index (χ0v) is 11.5. The van der Waals surface area contributed by atoms with Crippen molar-refractivity contribution >= 4 is 5.97 Å². The molecule has 0 atom stereocenters. The van der Waals surface area contributed by atoms with Gasteiger partial charge in [0.15, 0.2) is 0 Å². The number of aromatic nitrogens is 1. The summed E-state index contributed by atoms with van der Waals surface area (Å²) in [5.41, 5.74) is 1.20. The molecule has 1 aliphatic carbocycles. The van der Waals surface area contributed by atoms with E-state index in [-0.39, 0.29) is 5.97 Å². The molecule has 0 unspecified atom stereocenters. The van der Waals surface area contributed by atoms with Gasteiger partial charge in [0, 0.05) is 18.8 Å². The van der Waals surface area contributed by atoms with Gasteiger partial charge in [0.05, 0.1) is 6.61 Å². The number of carbonyl (C=O) groups is 1.